The highest BCUT2D eigenvalue weighted by molar-refractivity contribution is 5.99. The zero-order chi connectivity index (χ0) is 22.0. The van der Waals surface area contributed by atoms with E-state index in [1.807, 2.05) is 13.0 Å². The molecule has 2 aromatic rings. The van der Waals surface area contributed by atoms with Crippen LogP contribution in [0.2, 0.25) is 0 Å². The van der Waals surface area contributed by atoms with Gasteiger partial charge in [-0.1, -0.05) is 12.1 Å². The van der Waals surface area contributed by atoms with Crippen molar-refractivity contribution in [1.82, 2.24) is 14.4 Å². The molecule has 0 bridgehead atoms. The molecule has 0 amide bonds. The van der Waals surface area contributed by atoms with Crippen LogP contribution in [0.5, 0.6) is 5.75 Å². The number of ketones is 1. The zero-order valence-electron chi connectivity index (χ0n) is 19.3. The average Bonchev–Trinajstić information content (AvgIpc) is 3.33. The first kappa shape index (κ1) is 22.1. The molecule has 1 fully saturated rings. The molecule has 6 nitrogen and oxygen atoms in total. The number of rotatable bonds is 8. The van der Waals surface area contributed by atoms with E-state index in [1.165, 1.54) is 11.1 Å². The Morgan fingerprint density at radius 3 is 2.61 bits per heavy atom. The number of nitrogens with zero attached hydrogens (tertiary/aromatic N) is 3. The topological polar surface area (TPSA) is 46.9 Å². The van der Waals surface area contributed by atoms with Gasteiger partial charge in [0.1, 0.15) is 5.75 Å². The minimum Gasteiger partial charge on any atom is -0.493 e. The first-order valence-corrected chi connectivity index (χ1v) is 11.4. The summed E-state index contributed by atoms with van der Waals surface area (Å²) >= 11 is 0. The van der Waals surface area contributed by atoms with E-state index in [2.05, 4.69) is 46.4 Å². The van der Waals surface area contributed by atoms with Gasteiger partial charge in [-0.15, -0.1) is 0 Å². The number of aromatic nitrogens is 1. The Hall–Kier alpha value is -2.15. The molecule has 0 unspecified atom stereocenters. The molecule has 168 valence electrons. The maximum absolute atomic E-state index is 13.0. The van der Waals surface area contributed by atoms with E-state index in [-0.39, 0.29) is 11.8 Å². The summed E-state index contributed by atoms with van der Waals surface area (Å²) in [6.45, 7) is 13.0. The normalized spacial score (nSPS) is 18.1. The van der Waals surface area contributed by atoms with Gasteiger partial charge in [0.05, 0.1) is 25.8 Å². The summed E-state index contributed by atoms with van der Waals surface area (Å²) in [6.07, 6.45) is 1.02. The van der Waals surface area contributed by atoms with Crippen LogP contribution in [0.3, 0.4) is 0 Å². The number of carbonyl (C=O) groups is 1. The fraction of sp³-hybridized carbons (Fsp3) is 0.560. The van der Waals surface area contributed by atoms with Crippen LogP contribution in [-0.4, -0.2) is 73.2 Å². The van der Waals surface area contributed by atoms with Gasteiger partial charge in [-0.25, -0.2) is 0 Å². The Morgan fingerprint density at radius 1 is 1.13 bits per heavy atom. The molecule has 0 aliphatic carbocycles. The molecule has 6 heteroatoms. The summed E-state index contributed by atoms with van der Waals surface area (Å²) in [6, 6.07) is 8.84. The molecule has 0 spiro atoms. The van der Waals surface area contributed by atoms with Gasteiger partial charge in [0, 0.05) is 63.2 Å². The van der Waals surface area contributed by atoms with Gasteiger partial charge in [-0.05, 0) is 44.0 Å². The van der Waals surface area contributed by atoms with Gasteiger partial charge >= 0.3 is 0 Å². The van der Waals surface area contributed by atoms with Crippen LogP contribution >= 0.6 is 0 Å². The van der Waals surface area contributed by atoms with Gasteiger partial charge in [-0.3, -0.25) is 14.6 Å². The SMILES string of the molecule is COC[C@H](C)n1c(C)cc(C(=O)CN2CCN(Cc3ccc4c(c3)CCO4)CC2)c1C. The summed E-state index contributed by atoms with van der Waals surface area (Å²) in [4.78, 5) is 17.8. The lowest BCUT2D eigenvalue weighted by Crippen LogP contribution is -2.47. The second-order valence-electron chi connectivity index (χ2n) is 8.98. The molecule has 31 heavy (non-hydrogen) atoms. The van der Waals surface area contributed by atoms with E-state index < -0.39 is 0 Å². The lowest BCUT2D eigenvalue weighted by Gasteiger charge is -2.34. The summed E-state index contributed by atoms with van der Waals surface area (Å²) in [5.74, 6) is 1.26. The summed E-state index contributed by atoms with van der Waals surface area (Å²) in [7, 11) is 1.72. The first-order valence-electron chi connectivity index (χ1n) is 11.4. The van der Waals surface area contributed by atoms with Crippen molar-refractivity contribution in [2.75, 3.05) is 53.0 Å². The lowest BCUT2D eigenvalue weighted by atomic mass is 10.1. The van der Waals surface area contributed by atoms with Gasteiger partial charge in [0.2, 0.25) is 0 Å². The Labute approximate surface area is 185 Å². The number of fused-ring (bicyclic) bond motifs is 1. The van der Waals surface area contributed by atoms with Crippen LogP contribution in [0.4, 0.5) is 0 Å². The van der Waals surface area contributed by atoms with Crippen LogP contribution in [0.15, 0.2) is 24.3 Å². The summed E-state index contributed by atoms with van der Waals surface area (Å²) < 4.78 is 13.1. The number of Topliss-reactive ketones (excluding diaryl/α,β-unsaturated/α-hetero) is 1. The highest BCUT2D eigenvalue weighted by Gasteiger charge is 2.23. The number of methoxy groups -OCH3 is 1. The smallest absolute Gasteiger partial charge is 0.178 e. The third-order valence-corrected chi connectivity index (χ3v) is 6.63. The van der Waals surface area contributed by atoms with Crippen LogP contribution in [-0.2, 0) is 17.7 Å². The van der Waals surface area contributed by atoms with E-state index in [4.69, 9.17) is 9.47 Å². The van der Waals surface area contributed by atoms with Gasteiger partial charge in [0.25, 0.3) is 0 Å². The highest BCUT2D eigenvalue weighted by Crippen LogP contribution is 2.26. The summed E-state index contributed by atoms with van der Waals surface area (Å²) in [5.41, 5.74) is 5.70. The Kier molecular flexibility index (Phi) is 6.80. The molecule has 1 aromatic heterocycles. The van der Waals surface area contributed by atoms with Crippen LogP contribution in [0.25, 0.3) is 0 Å². The maximum atomic E-state index is 13.0. The Balaban J connectivity index is 1.31. The molecular formula is C25H35N3O3. The van der Waals surface area contributed by atoms with Crippen molar-refractivity contribution in [2.24, 2.45) is 0 Å². The van der Waals surface area contributed by atoms with Crippen molar-refractivity contribution in [3.05, 3.63) is 52.3 Å². The van der Waals surface area contributed by atoms with Crippen LogP contribution < -0.4 is 4.74 Å². The molecule has 1 saturated heterocycles. The molecule has 2 aliphatic heterocycles. The molecule has 0 radical (unpaired) electrons. The van der Waals surface area contributed by atoms with Gasteiger partial charge in [-0.2, -0.15) is 0 Å². The number of carbonyl (C=O) groups excluding carboxylic acids is 1. The molecule has 4 rings (SSSR count). The molecule has 1 atom stereocenters. The fourth-order valence-electron chi connectivity index (χ4n) is 5.04. The molecule has 1 aromatic carbocycles. The lowest BCUT2D eigenvalue weighted by molar-refractivity contribution is 0.0843. The van der Waals surface area contributed by atoms with E-state index in [0.29, 0.717) is 13.2 Å². The Morgan fingerprint density at radius 2 is 1.87 bits per heavy atom. The number of ether oxygens (including phenoxy) is 2. The van der Waals surface area contributed by atoms with Crippen molar-refractivity contribution in [2.45, 2.75) is 39.8 Å². The predicted octanol–water partition coefficient (Wildman–Crippen LogP) is 3.25. The quantitative estimate of drug-likeness (QED) is 0.608. The minimum absolute atomic E-state index is 0.219. The van der Waals surface area contributed by atoms with Crippen molar-refractivity contribution in [1.29, 1.82) is 0 Å². The maximum Gasteiger partial charge on any atom is 0.178 e. The number of hydrogen-bond donors (Lipinski definition) is 0. The summed E-state index contributed by atoms with van der Waals surface area (Å²) in [5, 5.41) is 0. The predicted molar refractivity (Wildman–Crippen MR) is 122 cm³/mol. The largest absolute Gasteiger partial charge is 0.493 e. The van der Waals surface area contributed by atoms with Crippen molar-refractivity contribution in [3.63, 3.8) is 0 Å². The average molecular weight is 426 g/mol. The number of piperazine rings is 1. The van der Waals surface area contributed by atoms with Crippen molar-refractivity contribution >= 4 is 5.78 Å². The van der Waals surface area contributed by atoms with Crippen LogP contribution in [0.1, 0.15) is 45.8 Å². The first-order chi connectivity index (χ1) is 15.0. The number of hydrogen-bond acceptors (Lipinski definition) is 5. The molecule has 0 saturated carbocycles. The van der Waals surface area contributed by atoms with E-state index in [0.717, 1.165) is 68.5 Å². The molecule has 2 aliphatic rings. The van der Waals surface area contributed by atoms with E-state index in [1.54, 1.807) is 7.11 Å². The fourth-order valence-corrected chi connectivity index (χ4v) is 5.04. The molecule has 3 heterocycles. The number of aryl methyl sites for hydroxylation is 1. The monoisotopic (exact) mass is 425 g/mol. The Bertz CT molecular complexity index is 928. The zero-order valence-corrected chi connectivity index (χ0v) is 19.3. The van der Waals surface area contributed by atoms with Crippen LogP contribution in [0, 0.1) is 13.8 Å². The highest BCUT2D eigenvalue weighted by atomic mass is 16.5. The third kappa shape index (κ3) is 4.86. The standard InChI is InChI=1S/C25H35N3O3/c1-18-13-23(20(3)28(18)19(2)17-30-4)24(29)16-27-10-8-26(9-11-27)15-21-5-6-25-22(14-21)7-12-31-25/h5-6,13-14,19H,7-12,15-17H2,1-4H3/t19-/m0/s1. The molecular weight excluding hydrogens is 390 g/mol. The van der Waals surface area contributed by atoms with Gasteiger partial charge < -0.3 is 14.0 Å². The van der Waals surface area contributed by atoms with E-state index in [9.17, 15) is 4.79 Å². The van der Waals surface area contributed by atoms with Crippen molar-refractivity contribution < 1.29 is 14.3 Å². The minimum atomic E-state index is 0.219. The van der Waals surface area contributed by atoms with Crippen molar-refractivity contribution in [3.8, 4) is 5.75 Å². The second-order valence-corrected chi connectivity index (χ2v) is 8.98. The van der Waals surface area contributed by atoms with Gasteiger partial charge in [0.15, 0.2) is 5.78 Å². The number of benzene rings is 1. The third-order valence-electron chi connectivity index (χ3n) is 6.63. The molecule has 0 N–H and O–H groups in total. The second kappa shape index (κ2) is 9.55. The van der Waals surface area contributed by atoms with E-state index >= 15 is 0 Å².